The summed E-state index contributed by atoms with van der Waals surface area (Å²) in [6.07, 6.45) is -0.0371. The number of rotatable bonds is 0. The van der Waals surface area contributed by atoms with E-state index in [9.17, 15) is 9.59 Å². The number of amides is 2. The van der Waals surface area contributed by atoms with E-state index in [2.05, 4.69) is 5.32 Å². The zero-order valence-corrected chi connectivity index (χ0v) is 11.3. The third-order valence-corrected chi connectivity index (χ3v) is 2.32. The lowest BCUT2D eigenvalue weighted by molar-refractivity contribution is -0.121. The van der Waals surface area contributed by atoms with Gasteiger partial charge in [0.25, 0.3) is 0 Å². The number of hydrogen-bond acceptors (Lipinski definition) is 3. The quantitative estimate of drug-likeness (QED) is 0.700. The lowest BCUT2D eigenvalue weighted by Gasteiger charge is -2.31. The average molecular weight is 242 g/mol. The highest BCUT2D eigenvalue weighted by atomic mass is 16.6. The second-order valence-corrected chi connectivity index (χ2v) is 6.08. The van der Waals surface area contributed by atoms with Crippen molar-refractivity contribution >= 4 is 12.0 Å². The van der Waals surface area contributed by atoms with E-state index in [4.69, 9.17) is 4.74 Å². The molecule has 1 N–H and O–H groups in total. The predicted octanol–water partition coefficient (Wildman–Crippen LogP) is 1.52. The van der Waals surface area contributed by atoms with Crippen molar-refractivity contribution in [3.63, 3.8) is 0 Å². The fourth-order valence-corrected chi connectivity index (χ4v) is 1.75. The van der Waals surface area contributed by atoms with Crippen LogP contribution in [0.1, 0.15) is 41.0 Å². The van der Waals surface area contributed by atoms with Crippen molar-refractivity contribution in [3.05, 3.63) is 0 Å². The second-order valence-electron chi connectivity index (χ2n) is 6.08. The monoisotopic (exact) mass is 242 g/mol. The summed E-state index contributed by atoms with van der Waals surface area (Å²) in [5.41, 5.74) is -0.921. The Morgan fingerprint density at radius 2 is 2.00 bits per heavy atom. The Bertz CT molecular complexity index is 318. The molecule has 5 nitrogen and oxygen atoms in total. The Morgan fingerprint density at radius 1 is 1.41 bits per heavy atom. The summed E-state index contributed by atoms with van der Waals surface area (Å²) < 4.78 is 5.31. The highest BCUT2D eigenvalue weighted by Gasteiger charge is 2.32. The fourth-order valence-electron chi connectivity index (χ4n) is 1.75. The molecule has 1 saturated heterocycles. The average Bonchev–Trinajstić information content (AvgIpc) is 2.20. The Balaban J connectivity index is 2.70. The van der Waals surface area contributed by atoms with Gasteiger partial charge in [0.2, 0.25) is 5.91 Å². The third kappa shape index (κ3) is 4.63. The van der Waals surface area contributed by atoms with Crippen molar-refractivity contribution in [1.29, 1.82) is 0 Å². The molecule has 0 aromatic rings. The largest absolute Gasteiger partial charge is 0.444 e. The van der Waals surface area contributed by atoms with Crippen molar-refractivity contribution < 1.29 is 14.3 Å². The van der Waals surface area contributed by atoms with E-state index >= 15 is 0 Å². The molecule has 0 radical (unpaired) electrons. The second kappa shape index (κ2) is 4.55. The molecule has 1 rings (SSSR count). The van der Waals surface area contributed by atoms with Gasteiger partial charge >= 0.3 is 6.09 Å². The molecule has 0 aromatic carbocycles. The molecule has 2 amide bonds. The van der Waals surface area contributed by atoms with Gasteiger partial charge in [-0.1, -0.05) is 0 Å². The molecule has 17 heavy (non-hydrogen) atoms. The number of ether oxygens (including phenoxy) is 1. The first-order valence-electron chi connectivity index (χ1n) is 5.88. The maximum atomic E-state index is 11.9. The van der Waals surface area contributed by atoms with E-state index in [1.165, 1.54) is 0 Å². The summed E-state index contributed by atoms with van der Waals surface area (Å²) in [4.78, 5) is 25.0. The lowest BCUT2D eigenvalue weighted by Crippen LogP contribution is -2.50. The first kappa shape index (κ1) is 13.8. The zero-order chi connectivity index (χ0) is 13.3. The van der Waals surface area contributed by atoms with Gasteiger partial charge in [-0.15, -0.1) is 0 Å². The Kier molecular flexibility index (Phi) is 3.69. The molecule has 1 aliphatic rings. The number of hydrogen-bond donors (Lipinski definition) is 1. The maximum absolute atomic E-state index is 11.9. The molecule has 0 aromatic heterocycles. The van der Waals surface area contributed by atoms with Crippen LogP contribution < -0.4 is 5.32 Å². The zero-order valence-electron chi connectivity index (χ0n) is 11.3. The molecule has 1 fully saturated rings. The van der Waals surface area contributed by atoms with Gasteiger partial charge in [0, 0.05) is 19.5 Å². The molecule has 1 aliphatic heterocycles. The van der Waals surface area contributed by atoms with Crippen LogP contribution in [-0.4, -0.2) is 41.1 Å². The van der Waals surface area contributed by atoms with E-state index in [-0.39, 0.29) is 12.0 Å². The van der Waals surface area contributed by atoms with Crippen molar-refractivity contribution in [1.82, 2.24) is 10.2 Å². The molecule has 0 bridgehead atoms. The molecule has 0 aliphatic carbocycles. The summed E-state index contributed by atoms with van der Waals surface area (Å²) in [6, 6.07) is 0. The van der Waals surface area contributed by atoms with E-state index in [1.54, 1.807) is 4.90 Å². The van der Waals surface area contributed by atoms with Gasteiger partial charge in [-0.05, 0) is 34.6 Å². The Hall–Kier alpha value is -1.26. The highest BCUT2D eigenvalue weighted by molar-refractivity contribution is 5.78. The number of carbonyl (C=O) groups excluding carboxylic acids is 2. The van der Waals surface area contributed by atoms with Gasteiger partial charge in [-0.3, -0.25) is 4.79 Å². The number of nitrogens with one attached hydrogen (secondary N) is 1. The summed E-state index contributed by atoms with van der Waals surface area (Å²) in [5.74, 6) is -0.0268. The Morgan fingerprint density at radius 3 is 2.53 bits per heavy atom. The van der Waals surface area contributed by atoms with Crippen molar-refractivity contribution in [2.24, 2.45) is 0 Å². The van der Waals surface area contributed by atoms with Gasteiger partial charge in [-0.2, -0.15) is 0 Å². The molecule has 98 valence electrons. The molecular weight excluding hydrogens is 220 g/mol. The summed E-state index contributed by atoms with van der Waals surface area (Å²) in [5, 5.41) is 2.88. The number of nitrogens with zero attached hydrogens (tertiary/aromatic N) is 1. The Labute approximate surface area is 102 Å². The predicted molar refractivity (Wildman–Crippen MR) is 64.6 cm³/mol. The minimum atomic E-state index is -0.509. The smallest absolute Gasteiger partial charge is 0.410 e. The summed E-state index contributed by atoms with van der Waals surface area (Å²) in [7, 11) is 0. The topological polar surface area (TPSA) is 58.6 Å². The third-order valence-electron chi connectivity index (χ3n) is 2.32. The highest BCUT2D eigenvalue weighted by Crippen LogP contribution is 2.15. The summed E-state index contributed by atoms with van der Waals surface area (Å²) in [6.45, 7) is 10.2. The van der Waals surface area contributed by atoms with Crippen LogP contribution in [0.3, 0.4) is 0 Å². The SMILES string of the molecule is CC1(C)CN(C(=O)OC(C)(C)C)CCC(=O)N1. The van der Waals surface area contributed by atoms with Crippen LogP contribution in [0.15, 0.2) is 0 Å². The van der Waals surface area contributed by atoms with Crippen molar-refractivity contribution in [2.45, 2.75) is 52.2 Å². The van der Waals surface area contributed by atoms with Crippen molar-refractivity contribution in [2.75, 3.05) is 13.1 Å². The standard InChI is InChI=1S/C12H22N2O3/c1-11(2,3)17-10(16)14-7-6-9(15)13-12(4,5)8-14/h6-8H2,1-5H3,(H,13,15). The van der Waals surface area contributed by atoms with Gasteiger partial charge < -0.3 is 15.0 Å². The van der Waals surface area contributed by atoms with Crippen LogP contribution in [0.25, 0.3) is 0 Å². The molecule has 0 saturated carbocycles. The normalized spacial score (nSPS) is 20.5. The first-order valence-corrected chi connectivity index (χ1v) is 5.88. The van der Waals surface area contributed by atoms with Crippen molar-refractivity contribution in [3.8, 4) is 0 Å². The van der Waals surface area contributed by atoms with Crippen LogP contribution in [-0.2, 0) is 9.53 Å². The molecule has 0 unspecified atom stereocenters. The molecular formula is C12H22N2O3. The number of carbonyl (C=O) groups is 2. The van der Waals surface area contributed by atoms with Gasteiger partial charge in [0.15, 0.2) is 0 Å². The van der Waals surface area contributed by atoms with E-state index in [0.717, 1.165) is 0 Å². The molecule has 1 heterocycles. The van der Waals surface area contributed by atoms with E-state index < -0.39 is 11.1 Å². The minimum Gasteiger partial charge on any atom is -0.444 e. The molecule has 0 spiro atoms. The van der Waals surface area contributed by atoms with Crippen LogP contribution in [0.4, 0.5) is 4.79 Å². The molecule has 0 atom stereocenters. The fraction of sp³-hybridized carbons (Fsp3) is 0.833. The molecule has 5 heteroatoms. The van der Waals surface area contributed by atoms with E-state index in [0.29, 0.717) is 19.5 Å². The maximum Gasteiger partial charge on any atom is 0.410 e. The minimum absolute atomic E-state index is 0.0268. The van der Waals surface area contributed by atoms with Gasteiger partial charge in [-0.25, -0.2) is 4.79 Å². The van der Waals surface area contributed by atoms with Crippen LogP contribution in [0.5, 0.6) is 0 Å². The van der Waals surface area contributed by atoms with E-state index in [1.807, 2.05) is 34.6 Å². The van der Waals surface area contributed by atoms with Gasteiger partial charge in [0.05, 0.1) is 5.54 Å². The van der Waals surface area contributed by atoms with Crippen LogP contribution in [0, 0.1) is 0 Å². The van der Waals surface area contributed by atoms with Crippen LogP contribution >= 0.6 is 0 Å². The van der Waals surface area contributed by atoms with Crippen LogP contribution in [0.2, 0.25) is 0 Å². The summed E-state index contributed by atoms with van der Waals surface area (Å²) >= 11 is 0. The first-order chi connectivity index (χ1) is 7.59. The van der Waals surface area contributed by atoms with Gasteiger partial charge in [0.1, 0.15) is 5.60 Å². The lowest BCUT2D eigenvalue weighted by atomic mass is 10.1.